The number of aromatic nitrogens is 1. The Balaban J connectivity index is 1.87. The predicted molar refractivity (Wildman–Crippen MR) is 77.5 cm³/mol. The molecule has 1 aromatic heterocycles. The van der Waals surface area contributed by atoms with Crippen molar-refractivity contribution >= 4 is 11.5 Å². The highest BCUT2D eigenvalue weighted by Crippen LogP contribution is 2.63. The summed E-state index contributed by atoms with van der Waals surface area (Å²) in [5, 5.41) is 14.3. The maximum atomic E-state index is 10.9. The van der Waals surface area contributed by atoms with Crippen LogP contribution in [0.5, 0.6) is 0 Å². The smallest absolute Gasteiger partial charge is 0.274 e. The summed E-state index contributed by atoms with van der Waals surface area (Å²) in [5.74, 6) is 1.36. The van der Waals surface area contributed by atoms with E-state index in [1.807, 2.05) is 0 Å². The number of nitrogens with one attached hydrogen (secondary N) is 1. The summed E-state index contributed by atoms with van der Waals surface area (Å²) < 4.78 is 0. The molecule has 1 N–H and O–H groups in total. The minimum Gasteiger partial charge on any atom is -0.366 e. The number of fused-ring (bicyclic) bond motifs is 2. The molecule has 108 valence electrons. The zero-order chi connectivity index (χ0) is 14.5. The Kier molecular flexibility index (Phi) is 2.78. The van der Waals surface area contributed by atoms with Crippen molar-refractivity contribution in [1.82, 2.24) is 4.98 Å². The molecule has 0 amide bonds. The van der Waals surface area contributed by atoms with E-state index in [1.54, 1.807) is 0 Å². The molecule has 3 unspecified atom stereocenters. The van der Waals surface area contributed by atoms with E-state index in [1.165, 1.54) is 37.6 Å². The lowest BCUT2D eigenvalue weighted by atomic mass is 9.68. The number of pyridine rings is 1. The third-order valence-electron chi connectivity index (χ3n) is 5.52. The fourth-order valence-corrected chi connectivity index (χ4v) is 4.42. The highest BCUT2D eigenvalue weighted by molar-refractivity contribution is 5.46. The quantitative estimate of drug-likeness (QED) is 0.675. The van der Waals surface area contributed by atoms with Crippen molar-refractivity contribution in [3.63, 3.8) is 0 Å². The molecule has 2 fully saturated rings. The highest BCUT2D eigenvalue weighted by atomic mass is 16.6. The van der Waals surface area contributed by atoms with E-state index in [4.69, 9.17) is 0 Å². The van der Waals surface area contributed by atoms with E-state index in [9.17, 15) is 10.1 Å². The largest absolute Gasteiger partial charge is 0.366 e. The van der Waals surface area contributed by atoms with Crippen LogP contribution in [0.2, 0.25) is 0 Å². The molecule has 0 aromatic carbocycles. The highest BCUT2D eigenvalue weighted by Gasteiger charge is 2.59. The maximum absolute atomic E-state index is 10.9. The van der Waals surface area contributed by atoms with Crippen LogP contribution in [-0.4, -0.2) is 15.9 Å². The van der Waals surface area contributed by atoms with Crippen molar-refractivity contribution in [2.75, 3.05) is 5.32 Å². The van der Waals surface area contributed by atoms with Gasteiger partial charge in [-0.1, -0.05) is 20.8 Å². The van der Waals surface area contributed by atoms with Crippen LogP contribution >= 0.6 is 0 Å². The van der Waals surface area contributed by atoms with Crippen molar-refractivity contribution in [3.05, 3.63) is 28.4 Å². The first kappa shape index (κ1) is 13.3. The maximum Gasteiger partial charge on any atom is 0.274 e. The van der Waals surface area contributed by atoms with E-state index in [2.05, 4.69) is 31.1 Å². The fourth-order valence-electron chi connectivity index (χ4n) is 4.42. The Morgan fingerprint density at radius 1 is 1.45 bits per heavy atom. The average Bonchev–Trinajstić information content (AvgIpc) is 2.86. The van der Waals surface area contributed by atoms with Gasteiger partial charge in [-0.05, 0) is 36.0 Å². The molecule has 0 saturated heterocycles. The number of hydrogen-bond donors (Lipinski definition) is 1. The third kappa shape index (κ3) is 1.87. The SMILES string of the molecule is CC12CCC(C1)C(C)(C)C2Nc1cc([N+](=O)[O-])ccn1. The predicted octanol–water partition coefficient (Wildman–Crippen LogP) is 3.62. The minimum atomic E-state index is -0.374. The van der Waals surface area contributed by atoms with Gasteiger partial charge >= 0.3 is 0 Å². The van der Waals surface area contributed by atoms with E-state index >= 15 is 0 Å². The van der Waals surface area contributed by atoms with E-state index < -0.39 is 0 Å². The molecular formula is C15H21N3O2. The topological polar surface area (TPSA) is 68.1 Å². The first-order chi connectivity index (χ1) is 9.33. The monoisotopic (exact) mass is 275 g/mol. The molecule has 2 saturated carbocycles. The Bertz CT molecular complexity index is 553. The van der Waals surface area contributed by atoms with Crippen LogP contribution < -0.4 is 5.32 Å². The summed E-state index contributed by atoms with van der Waals surface area (Å²) in [6, 6.07) is 3.29. The molecule has 1 heterocycles. The van der Waals surface area contributed by atoms with Gasteiger partial charge in [0, 0.05) is 18.3 Å². The molecule has 5 heteroatoms. The first-order valence-corrected chi connectivity index (χ1v) is 7.20. The van der Waals surface area contributed by atoms with Crippen molar-refractivity contribution in [1.29, 1.82) is 0 Å². The van der Waals surface area contributed by atoms with Crippen LogP contribution in [0.4, 0.5) is 11.5 Å². The zero-order valence-electron chi connectivity index (χ0n) is 12.2. The number of nitro groups is 1. The minimum absolute atomic E-state index is 0.0913. The zero-order valence-corrected chi connectivity index (χ0v) is 12.2. The van der Waals surface area contributed by atoms with Gasteiger partial charge < -0.3 is 5.32 Å². The van der Waals surface area contributed by atoms with Crippen molar-refractivity contribution in [2.45, 2.75) is 46.1 Å². The number of anilines is 1. The first-order valence-electron chi connectivity index (χ1n) is 7.20. The molecule has 0 spiro atoms. The second-order valence-electron chi connectivity index (χ2n) is 7.15. The molecular weight excluding hydrogens is 254 g/mol. The number of hydrogen-bond acceptors (Lipinski definition) is 4. The Labute approximate surface area is 118 Å². The van der Waals surface area contributed by atoms with Gasteiger partial charge in [-0.2, -0.15) is 0 Å². The Morgan fingerprint density at radius 2 is 2.20 bits per heavy atom. The fraction of sp³-hybridized carbons (Fsp3) is 0.667. The van der Waals surface area contributed by atoms with Crippen LogP contribution in [0.15, 0.2) is 18.3 Å². The van der Waals surface area contributed by atoms with Gasteiger partial charge in [-0.3, -0.25) is 10.1 Å². The van der Waals surface area contributed by atoms with Gasteiger partial charge in [-0.15, -0.1) is 0 Å². The second kappa shape index (κ2) is 4.17. The summed E-state index contributed by atoms with van der Waals surface area (Å²) in [6.07, 6.45) is 5.27. The van der Waals surface area contributed by atoms with Crippen molar-refractivity contribution in [2.24, 2.45) is 16.7 Å². The molecule has 2 aliphatic rings. The lowest BCUT2D eigenvalue weighted by Crippen LogP contribution is -2.45. The van der Waals surface area contributed by atoms with Gasteiger partial charge in [-0.25, -0.2) is 4.98 Å². The van der Waals surface area contributed by atoms with Crippen LogP contribution in [0.3, 0.4) is 0 Å². The summed E-state index contributed by atoms with van der Waals surface area (Å²) in [7, 11) is 0. The summed E-state index contributed by atoms with van der Waals surface area (Å²) >= 11 is 0. The van der Waals surface area contributed by atoms with E-state index in [0.29, 0.717) is 11.9 Å². The van der Waals surface area contributed by atoms with Crippen LogP contribution in [0.25, 0.3) is 0 Å². The standard InChI is InChI=1S/C15H21N3O2/c1-14(2)10-4-6-15(3,9-10)13(14)17-12-8-11(18(19)20)5-7-16-12/h5,7-8,10,13H,4,6,9H2,1-3H3,(H,16,17). The number of nitrogens with zero attached hydrogens (tertiary/aromatic N) is 2. The molecule has 2 aliphatic carbocycles. The van der Waals surface area contributed by atoms with E-state index in [0.717, 1.165) is 5.92 Å². The summed E-state index contributed by atoms with van der Waals surface area (Å²) in [6.45, 7) is 6.94. The van der Waals surface area contributed by atoms with Crippen molar-refractivity contribution < 1.29 is 4.92 Å². The lowest BCUT2D eigenvalue weighted by Gasteiger charge is -2.43. The van der Waals surface area contributed by atoms with Crippen LogP contribution in [0, 0.1) is 26.9 Å². The average molecular weight is 275 g/mol. The van der Waals surface area contributed by atoms with Gasteiger partial charge in [0.25, 0.3) is 5.69 Å². The molecule has 0 radical (unpaired) electrons. The van der Waals surface area contributed by atoms with Crippen molar-refractivity contribution in [3.8, 4) is 0 Å². The molecule has 3 atom stereocenters. The Hall–Kier alpha value is -1.65. The van der Waals surface area contributed by atoms with Gasteiger partial charge in [0.05, 0.1) is 11.0 Å². The molecule has 1 aromatic rings. The third-order valence-corrected chi connectivity index (χ3v) is 5.52. The van der Waals surface area contributed by atoms with Gasteiger partial charge in [0.1, 0.15) is 5.82 Å². The lowest BCUT2D eigenvalue weighted by molar-refractivity contribution is -0.384. The Morgan fingerprint density at radius 3 is 2.80 bits per heavy atom. The molecule has 5 nitrogen and oxygen atoms in total. The molecule has 3 rings (SSSR count). The number of rotatable bonds is 3. The second-order valence-corrected chi connectivity index (χ2v) is 7.15. The van der Waals surface area contributed by atoms with Crippen LogP contribution in [-0.2, 0) is 0 Å². The molecule has 20 heavy (non-hydrogen) atoms. The van der Waals surface area contributed by atoms with Gasteiger partial charge in [0.15, 0.2) is 0 Å². The molecule has 2 bridgehead atoms. The summed E-state index contributed by atoms with van der Waals surface area (Å²) in [4.78, 5) is 14.7. The van der Waals surface area contributed by atoms with Crippen LogP contribution in [0.1, 0.15) is 40.0 Å². The molecule has 0 aliphatic heterocycles. The normalized spacial score (nSPS) is 34.1. The van der Waals surface area contributed by atoms with Gasteiger partial charge in [0.2, 0.25) is 0 Å². The summed E-state index contributed by atoms with van der Waals surface area (Å²) in [5.41, 5.74) is 0.577. The van der Waals surface area contributed by atoms with E-state index in [-0.39, 0.29) is 21.4 Å².